The Morgan fingerprint density at radius 2 is 1.97 bits per heavy atom. The van der Waals surface area contributed by atoms with Gasteiger partial charge in [-0.1, -0.05) is 48.2 Å². The summed E-state index contributed by atoms with van der Waals surface area (Å²) in [6, 6.07) is 12.1. The van der Waals surface area contributed by atoms with Gasteiger partial charge in [0.05, 0.1) is 10.6 Å². The van der Waals surface area contributed by atoms with Crippen molar-refractivity contribution in [3.63, 3.8) is 0 Å². The molecule has 0 unspecified atom stereocenters. The third-order valence-electron chi connectivity index (χ3n) is 4.89. The zero-order valence-corrected chi connectivity index (χ0v) is 18.5. The van der Waals surface area contributed by atoms with Gasteiger partial charge < -0.3 is 9.88 Å². The van der Waals surface area contributed by atoms with Gasteiger partial charge in [0.1, 0.15) is 5.54 Å². The number of urea groups is 1. The van der Waals surface area contributed by atoms with E-state index < -0.39 is 23.4 Å². The molecule has 1 atom stereocenters. The van der Waals surface area contributed by atoms with Crippen molar-refractivity contribution in [2.24, 2.45) is 0 Å². The van der Waals surface area contributed by atoms with Crippen LogP contribution in [-0.2, 0) is 21.7 Å². The molecule has 1 aliphatic rings. The molecule has 31 heavy (non-hydrogen) atoms. The van der Waals surface area contributed by atoms with Crippen LogP contribution in [0.15, 0.2) is 53.0 Å². The average Bonchev–Trinajstić information content (AvgIpc) is 3.49. The number of benzene rings is 1. The number of thioether (sulfide) groups is 1. The highest BCUT2D eigenvalue weighted by atomic mass is 32.2. The van der Waals surface area contributed by atoms with Gasteiger partial charge in [-0.3, -0.25) is 15.0 Å². The number of carbonyl (C=O) groups is 3. The second-order valence-corrected chi connectivity index (χ2v) is 8.80. The van der Waals surface area contributed by atoms with Crippen LogP contribution in [0.3, 0.4) is 0 Å². The molecule has 0 radical (unpaired) electrons. The van der Waals surface area contributed by atoms with Crippen molar-refractivity contribution < 1.29 is 14.4 Å². The summed E-state index contributed by atoms with van der Waals surface area (Å²) in [6.07, 6.45) is 0. The monoisotopic (exact) mass is 456 g/mol. The fraction of sp³-hybridized carbons (Fsp3) is 0.250. The Labute approximate surface area is 186 Å². The third kappa shape index (κ3) is 3.93. The minimum absolute atomic E-state index is 0.0261. The topological polar surface area (TPSA) is 109 Å². The van der Waals surface area contributed by atoms with Gasteiger partial charge in [0.2, 0.25) is 5.91 Å². The number of hydrogen-bond donors (Lipinski definition) is 2. The fourth-order valence-corrected chi connectivity index (χ4v) is 4.78. The fourth-order valence-electron chi connectivity index (χ4n) is 3.26. The molecule has 0 spiro atoms. The van der Waals surface area contributed by atoms with E-state index in [9.17, 15) is 14.4 Å². The number of amides is 4. The van der Waals surface area contributed by atoms with E-state index in [1.165, 1.54) is 11.8 Å². The predicted octanol–water partition coefficient (Wildman–Crippen LogP) is 2.62. The Kier molecular flexibility index (Phi) is 5.79. The molecule has 3 heterocycles. The Bertz CT molecular complexity index is 1120. The molecule has 1 aromatic carbocycles. The number of thiophene rings is 1. The lowest BCUT2D eigenvalue weighted by Gasteiger charge is -2.22. The number of rotatable bonds is 7. The van der Waals surface area contributed by atoms with Crippen LogP contribution < -0.4 is 10.7 Å². The van der Waals surface area contributed by atoms with Gasteiger partial charge in [-0.05, 0) is 30.9 Å². The first-order chi connectivity index (χ1) is 14.9. The summed E-state index contributed by atoms with van der Waals surface area (Å²) < 4.78 is 1.92. The van der Waals surface area contributed by atoms with Gasteiger partial charge in [-0.2, -0.15) is 5.01 Å². The Balaban J connectivity index is 1.42. The SMILES string of the molecule is CCn1c(SCC(=O)NN2C(=O)N[C@@](C)(c3ccccc3)C2=O)nnc1-c1cccs1. The molecule has 4 amide bonds. The summed E-state index contributed by atoms with van der Waals surface area (Å²) in [5.41, 5.74) is 1.80. The number of hydrogen-bond acceptors (Lipinski definition) is 7. The van der Waals surface area contributed by atoms with E-state index in [4.69, 9.17) is 0 Å². The molecule has 1 saturated heterocycles. The van der Waals surface area contributed by atoms with Crippen LogP contribution >= 0.6 is 23.1 Å². The lowest BCUT2D eigenvalue weighted by Crippen LogP contribution is -2.48. The molecule has 0 aliphatic carbocycles. The van der Waals surface area contributed by atoms with Crippen LogP contribution in [0.4, 0.5) is 4.79 Å². The van der Waals surface area contributed by atoms with Crippen LogP contribution in [0, 0.1) is 0 Å². The van der Waals surface area contributed by atoms with Crippen LogP contribution in [0.5, 0.6) is 0 Å². The Morgan fingerprint density at radius 1 is 1.19 bits per heavy atom. The highest BCUT2D eigenvalue weighted by molar-refractivity contribution is 7.99. The van der Waals surface area contributed by atoms with E-state index in [1.807, 2.05) is 35.1 Å². The number of carbonyl (C=O) groups excluding carboxylic acids is 3. The molecule has 1 aliphatic heterocycles. The summed E-state index contributed by atoms with van der Waals surface area (Å²) in [5.74, 6) is -0.317. The minimum Gasteiger partial charge on any atom is -0.318 e. The van der Waals surface area contributed by atoms with E-state index in [2.05, 4.69) is 20.9 Å². The van der Waals surface area contributed by atoms with E-state index >= 15 is 0 Å². The first kappa shape index (κ1) is 21.1. The van der Waals surface area contributed by atoms with Crippen LogP contribution in [0.1, 0.15) is 19.4 Å². The van der Waals surface area contributed by atoms with Crippen molar-refractivity contribution in [1.82, 2.24) is 30.5 Å². The zero-order valence-electron chi connectivity index (χ0n) is 16.9. The van der Waals surface area contributed by atoms with Crippen molar-refractivity contribution in [2.45, 2.75) is 31.1 Å². The lowest BCUT2D eigenvalue weighted by molar-refractivity contribution is -0.138. The largest absolute Gasteiger partial charge is 0.344 e. The molecule has 11 heteroatoms. The highest BCUT2D eigenvalue weighted by Crippen LogP contribution is 2.29. The van der Waals surface area contributed by atoms with Crippen molar-refractivity contribution in [3.8, 4) is 10.7 Å². The normalized spacial score (nSPS) is 18.3. The molecular weight excluding hydrogens is 436 g/mol. The molecule has 160 valence electrons. The van der Waals surface area contributed by atoms with Gasteiger partial charge in [0, 0.05) is 6.54 Å². The Morgan fingerprint density at radius 3 is 2.65 bits per heavy atom. The minimum atomic E-state index is -1.24. The van der Waals surface area contributed by atoms with Gasteiger partial charge in [0.15, 0.2) is 11.0 Å². The van der Waals surface area contributed by atoms with Gasteiger partial charge in [-0.15, -0.1) is 21.5 Å². The van der Waals surface area contributed by atoms with E-state index in [0.29, 0.717) is 17.3 Å². The molecule has 4 rings (SSSR count). The Hall–Kier alpha value is -3.18. The molecular formula is C20H20N6O3S2. The standard InChI is InChI=1S/C20H20N6O3S2/c1-3-25-16(14-10-7-11-30-14)22-23-19(25)31-12-15(27)24-26-17(28)20(2,21-18(26)29)13-8-5-4-6-9-13/h4-11H,3,12H2,1-2H3,(H,21,29)(H,24,27)/t20-/m0/s1. The zero-order chi connectivity index (χ0) is 22.0. The molecule has 3 aromatic rings. The second-order valence-electron chi connectivity index (χ2n) is 6.91. The first-order valence-corrected chi connectivity index (χ1v) is 11.4. The van der Waals surface area contributed by atoms with Crippen LogP contribution in [0.25, 0.3) is 10.7 Å². The number of nitrogens with zero attached hydrogens (tertiary/aromatic N) is 4. The maximum Gasteiger partial charge on any atom is 0.344 e. The van der Waals surface area contributed by atoms with E-state index in [-0.39, 0.29) is 5.75 Å². The maximum atomic E-state index is 12.9. The molecule has 9 nitrogen and oxygen atoms in total. The maximum absolute atomic E-state index is 12.9. The average molecular weight is 457 g/mol. The summed E-state index contributed by atoms with van der Waals surface area (Å²) in [7, 11) is 0. The van der Waals surface area contributed by atoms with Crippen molar-refractivity contribution in [3.05, 3.63) is 53.4 Å². The quantitative estimate of drug-likeness (QED) is 0.418. The van der Waals surface area contributed by atoms with Crippen molar-refractivity contribution >= 4 is 40.9 Å². The van der Waals surface area contributed by atoms with Crippen molar-refractivity contribution in [1.29, 1.82) is 0 Å². The number of aromatic nitrogens is 3. The summed E-state index contributed by atoms with van der Waals surface area (Å²) in [5, 5.41) is 14.4. The number of hydrazine groups is 1. The first-order valence-electron chi connectivity index (χ1n) is 9.55. The van der Waals surface area contributed by atoms with E-state index in [1.54, 1.807) is 42.5 Å². The van der Waals surface area contributed by atoms with Gasteiger partial charge in [-0.25, -0.2) is 4.79 Å². The summed E-state index contributed by atoms with van der Waals surface area (Å²) in [6.45, 7) is 4.23. The number of nitrogens with one attached hydrogen (secondary N) is 2. The summed E-state index contributed by atoms with van der Waals surface area (Å²) in [4.78, 5) is 38.7. The summed E-state index contributed by atoms with van der Waals surface area (Å²) >= 11 is 2.75. The van der Waals surface area contributed by atoms with Gasteiger partial charge in [0.25, 0.3) is 5.91 Å². The third-order valence-corrected chi connectivity index (χ3v) is 6.72. The highest BCUT2D eigenvalue weighted by Gasteiger charge is 2.49. The second kappa shape index (κ2) is 8.52. The predicted molar refractivity (Wildman–Crippen MR) is 117 cm³/mol. The lowest BCUT2D eigenvalue weighted by atomic mass is 9.92. The number of imide groups is 1. The van der Waals surface area contributed by atoms with Crippen LogP contribution in [-0.4, -0.2) is 43.4 Å². The smallest absolute Gasteiger partial charge is 0.318 e. The van der Waals surface area contributed by atoms with E-state index in [0.717, 1.165) is 15.7 Å². The molecule has 0 bridgehead atoms. The van der Waals surface area contributed by atoms with Gasteiger partial charge >= 0.3 is 6.03 Å². The molecule has 0 saturated carbocycles. The molecule has 2 aromatic heterocycles. The molecule has 2 N–H and O–H groups in total. The molecule has 1 fully saturated rings. The van der Waals surface area contributed by atoms with Crippen molar-refractivity contribution in [2.75, 3.05) is 5.75 Å². The van der Waals surface area contributed by atoms with Crippen LogP contribution in [0.2, 0.25) is 0 Å².